The zero-order valence-corrected chi connectivity index (χ0v) is 27.5. The van der Waals surface area contributed by atoms with E-state index in [-0.39, 0.29) is 25.5 Å². The number of aliphatic imine (C=N–C) groups is 1. The lowest BCUT2D eigenvalue weighted by molar-refractivity contribution is -0.137. The Morgan fingerprint density at radius 2 is 1.61 bits per heavy atom. The van der Waals surface area contributed by atoms with Gasteiger partial charge in [-0.3, -0.25) is 10.2 Å². The van der Waals surface area contributed by atoms with Gasteiger partial charge in [0, 0.05) is 46.1 Å². The van der Waals surface area contributed by atoms with Gasteiger partial charge in [0.15, 0.2) is 11.6 Å². The van der Waals surface area contributed by atoms with Crippen molar-refractivity contribution in [1.82, 2.24) is 10.9 Å². The van der Waals surface area contributed by atoms with Gasteiger partial charge in [-0.15, -0.1) is 0 Å². The topological polar surface area (TPSA) is 92.2 Å². The van der Waals surface area contributed by atoms with Crippen LogP contribution in [0, 0.1) is 0 Å². The van der Waals surface area contributed by atoms with Crippen LogP contribution >= 0.6 is 31.9 Å². The summed E-state index contributed by atoms with van der Waals surface area (Å²) in [5.41, 5.74) is 6.07. The number of nitrogens with one attached hydrogen (secondary N) is 2. The van der Waals surface area contributed by atoms with Crippen molar-refractivity contribution < 1.29 is 32.5 Å². The molecule has 5 rings (SSSR count). The standard InChI is InChI=1S/C34H30Br2F3N3O4/c35-28-8-3-1-6-24(28)20-33(32(44)42-40-21-22-10-14-25(15-11-22)34(37,38)39)30(27-7-2-4-9-29(27)36)46-31(41-33)23-12-16-26(17-13-23)45-19-5-18-43/h1-4,6-17,30,40,43H,5,18-21H2,(H,42,44)/t30-,33-/m0/s1. The van der Waals surface area contributed by atoms with E-state index in [0.717, 1.165) is 26.6 Å². The van der Waals surface area contributed by atoms with Crippen molar-refractivity contribution in [3.05, 3.63) is 134 Å². The van der Waals surface area contributed by atoms with Crippen LogP contribution in [0.1, 0.15) is 40.3 Å². The quantitative estimate of drug-likeness (QED) is 0.104. The Hall–Kier alpha value is -3.71. The largest absolute Gasteiger partial charge is 0.494 e. The summed E-state index contributed by atoms with van der Waals surface area (Å²) >= 11 is 7.23. The number of carbonyl (C=O) groups excluding carboxylic acids is 1. The van der Waals surface area contributed by atoms with Crippen LogP contribution in [0.4, 0.5) is 13.2 Å². The Bertz CT molecular complexity index is 1680. The number of hydrogen-bond acceptors (Lipinski definition) is 6. The molecule has 0 radical (unpaired) electrons. The maximum atomic E-state index is 14.4. The second-order valence-electron chi connectivity index (χ2n) is 10.6. The van der Waals surface area contributed by atoms with Crippen LogP contribution in [0.5, 0.6) is 5.75 Å². The van der Waals surface area contributed by atoms with E-state index in [1.165, 1.54) is 12.1 Å². The lowest BCUT2D eigenvalue weighted by Crippen LogP contribution is -2.53. The molecule has 0 aliphatic carbocycles. The molecule has 0 fully saturated rings. The van der Waals surface area contributed by atoms with Gasteiger partial charge in [0.25, 0.3) is 5.91 Å². The van der Waals surface area contributed by atoms with Crippen LogP contribution in [0.15, 0.2) is 111 Å². The first-order valence-corrected chi connectivity index (χ1v) is 16.0. The van der Waals surface area contributed by atoms with Crippen molar-refractivity contribution in [2.24, 2.45) is 4.99 Å². The van der Waals surface area contributed by atoms with E-state index >= 15 is 0 Å². The van der Waals surface area contributed by atoms with Gasteiger partial charge in [-0.2, -0.15) is 13.2 Å². The molecule has 0 unspecified atom stereocenters. The average molecular weight is 761 g/mol. The highest BCUT2D eigenvalue weighted by Gasteiger charge is 2.54. The molecule has 7 nitrogen and oxygen atoms in total. The minimum Gasteiger partial charge on any atom is -0.494 e. The maximum Gasteiger partial charge on any atom is 0.416 e. The van der Waals surface area contributed by atoms with Gasteiger partial charge in [0.05, 0.1) is 12.2 Å². The van der Waals surface area contributed by atoms with Crippen molar-refractivity contribution in [2.45, 2.75) is 37.2 Å². The Kier molecular flexibility index (Phi) is 10.8. The molecule has 4 aromatic carbocycles. The molecule has 1 heterocycles. The lowest BCUT2D eigenvalue weighted by Gasteiger charge is -2.31. The number of halogens is 5. The minimum absolute atomic E-state index is 0.0278. The van der Waals surface area contributed by atoms with E-state index < -0.39 is 29.3 Å². The maximum absolute atomic E-state index is 14.4. The second kappa shape index (κ2) is 14.8. The number of alkyl halides is 3. The molecule has 1 amide bonds. The van der Waals surface area contributed by atoms with Gasteiger partial charge in [-0.1, -0.05) is 80.4 Å². The first kappa shape index (κ1) is 33.6. The monoisotopic (exact) mass is 759 g/mol. The number of rotatable bonds is 12. The van der Waals surface area contributed by atoms with Crippen LogP contribution in [-0.2, 0) is 28.7 Å². The molecule has 0 aromatic heterocycles. The van der Waals surface area contributed by atoms with E-state index in [2.05, 4.69) is 42.7 Å². The number of ether oxygens (including phenoxy) is 2. The van der Waals surface area contributed by atoms with Gasteiger partial charge < -0.3 is 14.6 Å². The number of aliphatic hydroxyl groups excluding tert-OH is 1. The highest BCUT2D eigenvalue weighted by Crippen LogP contribution is 2.45. The zero-order valence-electron chi connectivity index (χ0n) is 24.4. The predicted molar refractivity (Wildman–Crippen MR) is 175 cm³/mol. The number of carbonyl (C=O) groups is 1. The molecule has 2 atom stereocenters. The molecule has 0 spiro atoms. The summed E-state index contributed by atoms with van der Waals surface area (Å²) < 4.78 is 52.8. The Labute approximate surface area is 281 Å². The third kappa shape index (κ3) is 7.80. The van der Waals surface area contributed by atoms with E-state index in [1.807, 2.05) is 48.5 Å². The number of hydrazine groups is 1. The van der Waals surface area contributed by atoms with Crippen molar-refractivity contribution in [2.75, 3.05) is 13.2 Å². The number of benzene rings is 4. The van der Waals surface area contributed by atoms with Gasteiger partial charge in [0.2, 0.25) is 5.90 Å². The third-order valence-electron chi connectivity index (χ3n) is 7.41. The summed E-state index contributed by atoms with van der Waals surface area (Å²) in [4.78, 5) is 19.3. The number of aliphatic hydroxyl groups is 1. The molecule has 240 valence electrons. The molecular weight excluding hydrogens is 731 g/mol. The number of amides is 1. The lowest BCUT2D eigenvalue weighted by atomic mass is 9.82. The number of hydrogen-bond donors (Lipinski definition) is 3. The molecule has 0 saturated carbocycles. The van der Waals surface area contributed by atoms with Crippen LogP contribution in [0.3, 0.4) is 0 Å². The molecule has 1 aliphatic rings. The summed E-state index contributed by atoms with van der Waals surface area (Å²) in [5.74, 6) is 0.380. The van der Waals surface area contributed by atoms with Gasteiger partial charge in [-0.25, -0.2) is 10.4 Å². The van der Waals surface area contributed by atoms with Crippen molar-refractivity contribution in [1.29, 1.82) is 0 Å². The van der Waals surface area contributed by atoms with E-state index in [4.69, 9.17) is 19.6 Å². The van der Waals surface area contributed by atoms with E-state index in [1.54, 1.807) is 24.3 Å². The molecule has 0 bridgehead atoms. The fourth-order valence-corrected chi connectivity index (χ4v) is 5.94. The third-order valence-corrected chi connectivity index (χ3v) is 8.91. The van der Waals surface area contributed by atoms with Crippen LogP contribution in [0.2, 0.25) is 0 Å². The number of nitrogens with zero attached hydrogens (tertiary/aromatic N) is 1. The highest BCUT2D eigenvalue weighted by atomic mass is 79.9. The van der Waals surface area contributed by atoms with E-state index in [9.17, 15) is 18.0 Å². The van der Waals surface area contributed by atoms with Crippen LogP contribution < -0.4 is 15.6 Å². The molecule has 46 heavy (non-hydrogen) atoms. The molecule has 3 N–H and O–H groups in total. The van der Waals surface area contributed by atoms with Crippen molar-refractivity contribution >= 4 is 43.7 Å². The fraction of sp³-hybridized carbons (Fsp3) is 0.235. The second-order valence-corrected chi connectivity index (χ2v) is 12.3. The van der Waals surface area contributed by atoms with Gasteiger partial charge in [0.1, 0.15) is 5.75 Å². The molecule has 12 heteroatoms. The Morgan fingerprint density at radius 3 is 2.26 bits per heavy atom. The van der Waals surface area contributed by atoms with Crippen molar-refractivity contribution in [3.63, 3.8) is 0 Å². The predicted octanol–water partition coefficient (Wildman–Crippen LogP) is 7.31. The molecule has 4 aromatic rings. The normalized spacial score (nSPS) is 17.7. The van der Waals surface area contributed by atoms with E-state index in [0.29, 0.717) is 35.5 Å². The molecular formula is C34H30Br2F3N3O4. The smallest absolute Gasteiger partial charge is 0.416 e. The Morgan fingerprint density at radius 1 is 0.935 bits per heavy atom. The summed E-state index contributed by atoms with van der Waals surface area (Å²) in [6, 6.07) is 26.8. The zero-order chi connectivity index (χ0) is 32.7. The van der Waals surface area contributed by atoms with Crippen LogP contribution in [-0.4, -0.2) is 35.7 Å². The van der Waals surface area contributed by atoms with Crippen LogP contribution in [0.25, 0.3) is 0 Å². The average Bonchev–Trinajstić information content (AvgIpc) is 3.43. The van der Waals surface area contributed by atoms with Crippen molar-refractivity contribution in [3.8, 4) is 5.75 Å². The minimum atomic E-state index is -4.44. The molecule has 0 saturated heterocycles. The first-order chi connectivity index (χ1) is 22.1. The first-order valence-electron chi connectivity index (χ1n) is 14.4. The summed E-state index contributed by atoms with van der Waals surface area (Å²) in [5, 5.41) is 9.04. The Balaban J connectivity index is 1.49. The summed E-state index contributed by atoms with van der Waals surface area (Å²) in [6.07, 6.45) is -4.64. The molecule has 1 aliphatic heterocycles. The van der Waals surface area contributed by atoms with Gasteiger partial charge in [-0.05, 0) is 59.7 Å². The summed E-state index contributed by atoms with van der Waals surface area (Å²) in [7, 11) is 0. The highest BCUT2D eigenvalue weighted by molar-refractivity contribution is 9.10. The summed E-state index contributed by atoms with van der Waals surface area (Å²) in [6.45, 7) is 0.468. The fourth-order valence-electron chi connectivity index (χ4n) is 5.03. The SMILES string of the molecule is O=C(NNCc1ccc(C(F)(F)F)cc1)[C@@]1(Cc2ccccc2Br)N=C(c2ccc(OCCCO)cc2)O[C@H]1c1ccccc1Br. The van der Waals surface area contributed by atoms with Gasteiger partial charge >= 0.3 is 6.18 Å².